The monoisotopic (exact) mass is 254 g/mol. The molecule has 0 aromatic carbocycles. The number of hydrogen-bond acceptors (Lipinski definition) is 6. The largest absolute Gasteiger partial charge is 0.544 e. The molecule has 1 aliphatic rings. The Kier molecular flexibility index (Phi) is 3.96. The van der Waals surface area contributed by atoms with Crippen molar-refractivity contribution in [3.05, 3.63) is 10.4 Å². The van der Waals surface area contributed by atoms with Gasteiger partial charge < -0.3 is 20.1 Å². The zero-order valence-electron chi connectivity index (χ0n) is 9.81. The van der Waals surface area contributed by atoms with Gasteiger partial charge in [-0.1, -0.05) is 0 Å². The molecule has 2 rings (SSSR count). The summed E-state index contributed by atoms with van der Waals surface area (Å²) in [5.74, 6) is -0.102. The van der Waals surface area contributed by atoms with Gasteiger partial charge >= 0.3 is 0 Å². The Morgan fingerprint density at radius 1 is 1.65 bits per heavy atom. The maximum Gasteiger partial charge on any atom is 0.146 e. The highest BCUT2D eigenvalue weighted by Crippen LogP contribution is 2.20. The quantitative estimate of drug-likeness (QED) is 0.834. The second-order valence-corrected chi connectivity index (χ2v) is 5.30. The Hall–Kier alpha value is -1.14. The van der Waals surface area contributed by atoms with E-state index in [4.69, 9.17) is 0 Å². The van der Waals surface area contributed by atoms with Crippen LogP contribution in [0.2, 0.25) is 0 Å². The number of aromatic carboxylic acids is 1. The summed E-state index contributed by atoms with van der Waals surface area (Å²) in [4.78, 5) is 17.3. The normalized spacial score (nSPS) is 18.2. The number of likely N-dealkylation sites (tertiary alicyclic amines) is 1. The molecule has 1 aromatic heterocycles. The maximum atomic E-state index is 10.8. The molecule has 0 amide bonds. The first kappa shape index (κ1) is 12.3. The van der Waals surface area contributed by atoms with Gasteiger partial charge in [0.15, 0.2) is 0 Å². The first-order chi connectivity index (χ1) is 8.16. The lowest BCUT2D eigenvalue weighted by Gasteiger charge is -2.29. The molecule has 1 saturated heterocycles. The molecule has 5 nitrogen and oxygen atoms in total. The first-order valence-electron chi connectivity index (χ1n) is 5.74. The minimum Gasteiger partial charge on any atom is -0.544 e. The Morgan fingerprint density at radius 3 is 3.00 bits per heavy atom. The van der Waals surface area contributed by atoms with Gasteiger partial charge in [0, 0.05) is 6.54 Å². The summed E-state index contributed by atoms with van der Waals surface area (Å²) in [7, 11) is 2.12. The van der Waals surface area contributed by atoms with Gasteiger partial charge in [0.05, 0.1) is 16.4 Å². The molecule has 1 N–H and O–H groups in total. The lowest BCUT2D eigenvalue weighted by molar-refractivity contribution is -0.254. The number of piperidine rings is 1. The Balaban J connectivity index is 1.85. The molecule has 2 heterocycles. The van der Waals surface area contributed by atoms with E-state index in [9.17, 15) is 9.90 Å². The molecule has 6 heteroatoms. The van der Waals surface area contributed by atoms with E-state index < -0.39 is 5.97 Å². The van der Waals surface area contributed by atoms with E-state index in [0.29, 0.717) is 11.7 Å². The number of carbonyl (C=O) groups is 1. The van der Waals surface area contributed by atoms with E-state index in [0.717, 1.165) is 43.8 Å². The van der Waals surface area contributed by atoms with Crippen LogP contribution in [-0.4, -0.2) is 42.5 Å². The van der Waals surface area contributed by atoms with E-state index in [1.807, 2.05) is 0 Å². The zero-order chi connectivity index (χ0) is 12.3. The van der Waals surface area contributed by atoms with Gasteiger partial charge in [-0.3, -0.25) is 0 Å². The van der Waals surface area contributed by atoms with Crippen LogP contribution in [0.25, 0.3) is 0 Å². The van der Waals surface area contributed by atoms with Gasteiger partial charge in [-0.05, 0) is 38.9 Å². The van der Waals surface area contributed by atoms with Crippen LogP contribution in [0, 0.1) is 5.92 Å². The van der Waals surface area contributed by atoms with Crippen molar-refractivity contribution in [3.63, 3.8) is 0 Å². The van der Waals surface area contributed by atoms with Gasteiger partial charge in [-0.15, -0.1) is 11.3 Å². The standard InChI is InChI=1S/C11H17N3O2S/c1-14-4-2-8(3-5-14)6-12-10-9(11(15)16)17-7-13-10/h7-8,12H,2-6H2,1H3,(H,15,16)/p-1. The molecule has 0 unspecified atom stereocenters. The lowest BCUT2D eigenvalue weighted by Crippen LogP contribution is -2.33. The summed E-state index contributed by atoms with van der Waals surface area (Å²) < 4.78 is 0. The second kappa shape index (κ2) is 5.46. The smallest absolute Gasteiger partial charge is 0.146 e. The van der Waals surface area contributed by atoms with Crippen LogP contribution < -0.4 is 10.4 Å². The topological polar surface area (TPSA) is 68.3 Å². The number of carboxylic acid groups (broad SMARTS) is 1. The summed E-state index contributed by atoms with van der Waals surface area (Å²) >= 11 is 1.10. The summed E-state index contributed by atoms with van der Waals surface area (Å²) in [6.07, 6.45) is 2.29. The number of carbonyl (C=O) groups excluding carboxylic acids is 1. The fourth-order valence-corrected chi connectivity index (χ4v) is 2.62. The third-order valence-electron chi connectivity index (χ3n) is 3.15. The fourth-order valence-electron chi connectivity index (χ4n) is 2.02. The van der Waals surface area contributed by atoms with Crippen LogP contribution in [0.1, 0.15) is 22.5 Å². The average molecular weight is 254 g/mol. The molecular formula is C11H16N3O2S-. The third-order valence-corrected chi connectivity index (χ3v) is 3.96. The molecule has 0 radical (unpaired) electrons. The number of thiazole rings is 1. The Bertz CT molecular complexity index is 386. The van der Waals surface area contributed by atoms with Crippen molar-refractivity contribution < 1.29 is 9.90 Å². The van der Waals surface area contributed by atoms with Gasteiger partial charge in [0.25, 0.3) is 0 Å². The van der Waals surface area contributed by atoms with Crippen molar-refractivity contribution in [1.29, 1.82) is 0 Å². The highest BCUT2D eigenvalue weighted by atomic mass is 32.1. The number of rotatable bonds is 4. The number of nitrogens with one attached hydrogen (secondary N) is 1. The predicted molar refractivity (Wildman–Crippen MR) is 65.2 cm³/mol. The molecule has 1 fully saturated rings. The van der Waals surface area contributed by atoms with Crippen LogP contribution in [0.3, 0.4) is 0 Å². The summed E-state index contributed by atoms with van der Waals surface area (Å²) in [5.41, 5.74) is 1.53. The Labute approximate surface area is 104 Å². The molecule has 0 bridgehead atoms. The van der Waals surface area contributed by atoms with E-state index in [1.54, 1.807) is 0 Å². The first-order valence-corrected chi connectivity index (χ1v) is 6.62. The molecule has 0 saturated carbocycles. The van der Waals surface area contributed by atoms with E-state index in [1.165, 1.54) is 5.51 Å². The van der Waals surface area contributed by atoms with Gasteiger partial charge in [-0.25, -0.2) is 4.98 Å². The SMILES string of the molecule is CN1CCC(CNc2ncsc2C(=O)[O-])CC1. The van der Waals surface area contributed by atoms with Crippen LogP contribution >= 0.6 is 11.3 Å². The van der Waals surface area contributed by atoms with Crippen molar-refractivity contribution in [2.24, 2.45) is 5.92 Å². The fraction of sp³-hybridized carbons (Fsp3) is 0.636. The average Bonchev–Trinajstić information content (AvgIpc) is 2.76. The number of nitrogens with zero attached hydrogens (tertiary/aromatic N) is 2. The second-order valence-electron chi connectivity index (χ2n) is 4.45. The molecule has 1 aliphatic heterocycles. The van der Waals surface area contributed by atoms with E-state index >= 15 is 0 Å². The molecule has 94 valence electrons. The number of aromatic nitrogens is 1. The van der Waals surface area contributed by atoms with Crippen molar-refractivity contribution in [2.75, 3.05) is 32.0 Å². The molecule has 0 atom stereocenters. The summed E-state index contributed by atoms with van der Waals surface area (Å²) in [6, 6.07) is 0. The van der Waals surface area contributed by atoms with E-state index in [-0.39, 0.29) is 4.88 Å². The number of hydrogen-bond donors (Lipinski definition) is 1. The number of anilines is 1. The van der Waals surface area contributed by atoms with Crippen molar-refractivity contribution in [2.45, 2.75) is 12.8 Å². The van der Waals surface area contributed by atoms with Crippen LogP contribution in [-0.2, 0) is 0 Å². The molecule has 0 spiro atoms. The Morgan fingerprint density at radius 2 is 2.35 bits per heavy atom. The van der Waals surface area contributed by atoms with Gasteiger partial charge in [-0.2, -0.15) is 0 Å². The zero-order valence-corrected chi connectivity index (χ0v) is 10.6. The predicted octanol–water partition coefficient (Wildman–Crippen LogP) is 0.260. The molecular weight excluding hydrogens is 238 g/mol. The van der Waals surface area contributed by atoms with Crippen molar-refractivity contribution in [3.8, 4) is 0 Å². The van der Waals surface area contributed by atoms with Crippen LogP contribution in [0.5, 0.6) is 0 Å². The number of carboxylic acids is 1. The van der Waals surface area contributed by atoms with Gasteiger partial charge in [0.1, 0.15) is 5.82 Å². The lowest BCUT2D eigenvalue weighted by atomic mass is 9.97. The molecule has 0 aliphatic carbocycles. The molecule has 17 heavy (non-hydrogen) atoms. The van der Waals surface area contributed by atoms with Crippen molar-refractivity contribution >= 4 is 23.1 Å². The van der Waals surface area contributed by atoms with Crippen LogP contribution in [0.4, 0.5) is 5.82 Å². The van der Waals surface area contributed by atoms with Crippen molar-refractivity contribution in [1.82, 2.24) is 9.88 Å². The highest BCUT2D eigenvalue weighted by Gasteiger charge is 2.17. The minimum atomic E-state index is -1.15. The van der Waals surface area contributed by atoms with Crippen LogP contribution in [0.15, 0.2) is 5.51 Å². The molecule has 1 aromatic rings. The highest BCUT2D eigenvalue weighted by molar-refractivity contribution is 7.12. The third kappa shape index (κ3) is 3.17. The summed E-state index contributed by atoms with van der Waals surface area (Å²) in [5, 5.41) is 13.9. The summed E-state index contributed by atoms with van der Waals surface area (Å²) in [6.45, 7) is 3.01. The minimum absolute atomic E-state index is 0.193. The maximum absolute atomic E-state index is 10.8. The van der Waals surface area contributed by atoms with E-state index in [2.05, 4.69) is 22.2 Å². The van der Waals surface area contributed by atoms with Gasteiger partial charge in [0.2, 0.25) is 0 Å².